The summed E-state index contributed by atoms with van der Waals surface area (Å²) in [4.78, 5) is 15.4. The van der Waals surface area contributed by atoms with E-state index in [9.17, 15) is 4.79 Å². The maximum absolute atomic E-state index is 11.3. The molecule has 1 atom stereocenters. The standard InChI is InChI=1S/C44H75NO3.C6H15N/c1-3-5-7-9-11-13-15-17-19-21-23-25-27-29-31-33-35-44(47-41-43(48-44)37-39-45(42-46)40-38-43)36-34-32-30-28-26-24-22-20-18-16-14-12-10-8-6-4-2;1-4-5-6-7(2)3/h5,7,11-14,17-20,42H,3-4,6,8-10,15-16,21-41H2,1-2H3;4-6H2,1-3H3/b7-5-,13-11-,14-12-,19-17-,20-18-;. The van der Waals surface area contributed by atoms with E-state index >= 15 is 0 Å². The molecule has 0 aromatic carbocycles. The normalized spacial score (nSPS) is 18.7. The highest BCUT2D eigenvalue weighted by Gasteiger charge is 2.50. The molecular formula is C50H90N2O3. The summed E-state index contributed by atoms with van der Waals surface area (Å²) in [5, 5.41) is 0. The molecule has 0 aromatic rings. The minimum Gasteiger partial charge on any atom is -0.347 e. The van der Waals surface area contributed by atoms with E-state index in [2.05, 4.69) is 101 Å². The lowest BCUT2D eigenvalue weighted by Crippen LogP contribution is -2.46. The van der Waals surface area contributed by atoms with Crippen LogP contribution in [-0.2, 0) is 14.3 Å². The van der Waals surface area contributed by atoms with Gasteiger partial charge < -0.3 is 19.3 Å². The molecule has 0 aromatic heterocycles. The summed E-state index contributed by atoms with van der Waals surface area (Å²) in [6, 6.07) is 0. The Kier molecular flexibility index (Phi) is 33.8. The third kappa shape index (κ3) is 29.0. The monoisotopic (exact) mass is 767 g/mol. The van der Waals surface area contributed by atoms with Gasteiger partial charge in [0.1, 0.15) is 0 Å². The molecule has 0 radical (unpaired) electrons. The molecule has 55 heavy (non-hydrogen) atoms. The lowest BCUT2D eigenvalue weighted by Gasteiger charge is -2.38. The Morgan fingerprint density at radius 3 is 1.42 bits per heavy atom. The molecule has 5 nitrogen and oxygen atoms in total. The van der Waals surface area contributed by atoms with Crippen molar-refractivity contribution in [2.24, 2.45) is 0 Å². The molecule has 2 heterocycles. The van der Waals surface area contributed by atoms with Crippen molar-refractivity contribution in [2.45, 2.75) is 212 Å². The number of carbonyl (C=O) groups is 1. The molecule has 1 amide bonds. The van der Waals surface area contributed by atoms with Gasteiger partial charge >= 0.3 is 0 Å². The second-order valence-corrected chi connectivity index (χ2v) is 16.6. The first-order valence-electron chi connectivity index (χ1n) is 23.4. The number of rotatable bonds is 33. The van der Waals surface area contributed by atoms with Gasteiger partial charge in [0, 0.05) is 25.9 Å². The molecule has 1 unspecified atom stereocenters. The number of nitrogens with zero attached hydrogens (tertiary/aromatic N) is 2. The molecule has 2 fully saturated rings. The topological polar surface area (TPSA) is 42.0 Å². The molecule has 2 aliphatic rings. The maximum Gasteiger partial charge on any atom is 0.209 e. The summed E-state index contributed by atoms with van der Waals surface area (Å²) in [5.41, 5.74) is -0.187. The first kappa shape index (κ1) is 51.1. The van der Waals surface area contributed by atoms with Crippen LogP contribution in [0.1, 0.15) is 201 Å². The van der Waals surface area contributed by atoms with Crippen molar-refractivity contribution in [1.82, 2.24) is 9.80 Å². The van der Waals surface area contributed by atoms with Crippen molar-refractivity contribution in [2.75, 3.05) is 40.3 Å². The van der Waals surface area contributed by atoms with E-state index in [0.717, 1.165) is 70.9 Å². The molecule has 0 saturated carbocycles. The van der Waals surface area contributed by atoms with Crippen LogP contribution in [0.15, 0.2) is 60.8 Å². The van der Waals surface area contributed by atoms with Gasteiger partial charge in [0.2, 0.25) is 6.41 Å². The van der Waals surface area contributed by atoms with Crippen LogP contribution in [0.4, 0.5) is 0 Å². The highest BCUT2D eigenvalue weighted by atomic mass is 16.8. The smallest absolute Gasteiger partial charge is 0.209 e. The molecule has 2 aliphatic heterocycles. The van der Waals surface area contributed by atoms with Gasteiger partial charge in [0.15, 0.2) is 5.79 Å². The van der Waals surface area contributed by atoms with E-state index in [4.69, 9.17) is 9.47 Å². The Labute approximate surface area is 342 Å². The second kappa shape index (κ2) is 36.4. The highest BCUT2D eigenvalue weighted by molar-refractivity contribution is 5.47. The molecule has 318 valence electrons. The van der Waals surface area contributed by atoms with Crippen LogP contribution in [0.3, 0.4) is 0 Å². The van der Waals surface area contributed by atoms with Crippen molar-refractivity contribution in [3.05, 3.63) is 60.8 Å². The zero-order chi connectivity index (χ0) is 40.0. The third-order valence-corrected chi connectivity index (χ3v) is 11.0. The fourth-order valence-electron chi connectivity index (χ4n) is 7.42. The average molecular weight is 767 g/mol. The fourth-order valence-corrected chi connectivity index (χ4v) is 7.42. The van der Waals surface area contributed by atoms with Crippen LogP contribution in [-0.4, -0.2) is 67.9 Å². The predicted octanol–water partition coefficient (Wildman–Crippen LogP) is 14.3. The second-order valence-electron chi connectivity index (χ2n) is 16.6. The van der Waals surface area contributed by atoms with E-state index in [-0.39, 0.29) is 5.60 Å². The fraction of sp³-hybridized carbons (Fsp3) is 0.780. The van der Waals surface area contributed by atoms with Crippen LogP contribution in [0, 0.1) is 0 Å². The first-order valence-corrected chi connectivity index (χ1v) is 23.4. The first-order chi connectivity index (χ1) is 26.9. The minimum absolute atomic E-state index is 0.187. The molecule has 0 aliphatic carbocycles. The van der Waals surface area contributed by atoms with E-state index < -0.39 is 5.79 Å². The zero-order valence-electron chi connectivity index (χ0n) is 37.1. The Hall–Kier alpha value is -1.95. The lowest BCUT2D eigenvalue weighted by molar-refractivity contribution is -0.204. The van der Waals surface area contributed by atoms with E-state index in [0.29, 0.717) is 6.61 Å². The SMILES string of the molecule is CC/C=C\C/C=C\C/C=C\CCCCCCCCC1(CCCCCCCC/C=C\C/C=C\CCCCC)OCC2(CCN(C=O)CC2)O1.CCCCN(C)C. The largest absolute Gasteiger partial charge is 0.347 e. The van der Waals surface area contributed by atoms with E-state index in [1.54, 1.807) is 0 Å². The highest BCUT2D eigenvalue weighted by Crippen LogP contribution is 2.43. The van der Waals surface area contributed by atoms with Gasteiger partial charge in [-0.3, -0.25) is 4.79 Å². The van der Waals surface area contributed by atoms with Gasteiger partial charge in [-0.15, -0.1) is 0 Å². The van der Waals surface area contributed by atoms with E-state index in [1.807, 2.05) is 4.90 Å². The van der Waals surface area contributed by atoms with Crippen LogP contribution < -0.4 is 0 Å². The number of ether oxygens (including phenoxy) is 2. The van der Waals surface area contributed by atoms with Gasteiger partial charge in [-0.05, 0) is 117 Å². The number of likely N-dealkylation sites (tertiary alicyclic amines) is 1. The lowest BCUT2D eigenvalue weighted by atomic mass is 9.92. The summed E-state index contributed by atoms with van der Waals surface area (Å²) >= 11 is 0. The van der Waals surface area contributed by atoms with E-state index in [1.165, 1.54) is 135 Å². The van der Waals surface area contributed by atoms with Crippen LogP contribution in [0.5, 0.6) is 0 Å². The Morgan fingerprint density at radius 1 is 0.545 bits per heavy atom. The summed E-state index contributed by atoms with van der Waals surface area (Å²) < 4.78 is 13.5. The van der Waals surface area contributed by atoms with Gasteiger partial charge in [-0.1, -0.05) is 152 Å². The summed E-state index contributed by atoms with van der Waals surface area (Å²) in [6.07, 6.45) is 57.8. The minimum atomic E-state index is -0.413. The van der Waals surface area contributed by atoms with Gasteiger partial charge in [0.05, 0.1) is 12.2 Å². The number of hydrogen-bond donors (Lipinski definition) is 0. The molecule has 5 heteroatoms. The van der Waals surface area contributed by atoms with Gasteiger partial charge in [-0.25, -0.2) is 0 Å². The molecule has 2 rings (SSSR count). The van der Waals surface area contributed by atoms with Crippen molar-refractivity contribution >= 4 is 6.41 Å². The average Bonchev–Trinajstić information content (AvgIpc) is 3.54. The number of amides is 1. The van der Waals surface area contributed by atoms with Crippen LogP contribution in [0.25, 0.3) is 0 Å². The predicted molar refractivity (Wildman–Crippen MR) is 241 cm³/mol. The van der Waals surface area contributed by atoms with Crippen molar-refractivity contribution in [3.63, 3.8) is 0 Å². The van der Waals surface area contributed by atoms with Crippen molar-refractivity contribution in [1.29, 1.82) is 0 Å². The van der Waals surface area contributed by atoms with Gasteiger partial charge in [0.25, 0.3) is 0 Å². The molecule has 0 N–H and O–H groups in total. The molecular weight excluding hydrogens is 677 g/mol. The van der Waals surface area contributed by atoms with Crippen LogP contribution in [0.2, 0.25) is 0 Å². The number of allylic oxidation sites excluding steroid dienone is 10. The van der Waals surface area contributed by atoms with Crippen LogP contribution >= 0.6 is 0 Å². The zero-order valence-corrected chi connectivity index (χ0v) is 37.1. The molecule has 0 bridgehead atoms. The number of unbranched alkanes of at least 4 members (excludes halogenated alkanes) is 16. The Balaban J connectivity index is 0.00000196. The quantitative estimate of drug-likeness (QED) is 0.0379. The molecule has 1 spiro atoms. The number of piperidine rings is 1. The summed E-state index contributed by atoms with van der Waals surface area (Å²) in [5.74, 6) is -0.413. The third-order valence-electron chi connectivity index (χ3n) is 11.0. The van der Waals surface area contributed by atoms with Gasteiger partial charge in [-0.2, -0.15) is 0 Å². The number of carbonyl (C=O) groups excluding carboxylic acids is 1. The Bertz CT molecular complexity index is 1010. The number of hydrogen-bond acceptors (Lipinski definition) is 4. The van der Waals surface area contributed by atoms with Crippen molar-refractivity contribution < 1.29 is 14.3 Å². The summed E-state index contributed by atoms with van der Waals surface area (Å²) in [6.45, 7) is 10.2. The van der Waals surface area contributed by atoms with Crippen molar-refractivity contribution in [3.8, 4) is 0 Å². The summed E-state index contributed by atoms with van der Waals surface area (Å²) in [7, 11) is 4.21. The molecule has 2 saturated heterocycles. The Morgan fingerprint density at radius 2 is 0.982 bits per heavy atom. The maximum atomic E-state index is 11.3.